The summed E-state index contributed by atoms with van der Waals surface area (Å²) in [6, 6.07) is 14.9. The molecule has 8 nitrogen and oxygen atoms in total. The molecule has 2 heterocycles. The third-order valence-electron chi connectivity index (χ3n) is 5.79. The van der Waals surface area contributed by atoms with E-state index in [-0.39, 0.29) is 17.5 Å². The number of carbonyl (C=O) groups excluding carboxylic acids is 2. The number of unbranched alkanes of at least 4 members (excludes halogenated alkanes) is 2. The second kappa shape index (κ2) is 11.2. The second-order valence-corrected chi connectivity index (χ2v) is 8.83. The number of anilines is 3. The molecule has 34 heavy (non-hydrogen) atoms. The minimum atomic E-state index is -0.351. The van der Waals surface area contributed by atoms with Gasteiger partial charge < -0.3 is 20.3 Å². The standard InChI is InChI=1S/C25H28BrN5O3/c1-34-20-11-7-18(8-12-20)28-24(32)22-21-13-16-31(25(33)23(21)30-29-22)19-9-5-17(6-10-19)27-15-4-2-3-14-26/h5-12,27H,2-4,13-16H2,1H3,(H,28,32)(H,29,30). The summed E-state index contributed by atoms with van der Waals surface area (Å²) >= 11 is 3.45. The Morgan fingerprint density at radius 1 is 1.09 bits per heavy atom. The van der Waals surface area contributed by atoms with Crippen LogP contribution >= 0.6 is 15.9 Å². The topological polar surface area (TPSA) is 99.3 Å². The fraction of sp³-hybridized carbons (Fsp3) is 0.320. The lowest BCUT2D eigenvalue weighted by molar-refractivity contribution is 0.0975. The van der Waals surface area contributed by atoms with Crippen LogP contribution in [-0.4, -0.2) is 47.5 Å². The first-order valence-electron chi connectivity index (χ1n) is 11.3. The Balaban J connectivity index is 1.39. The van der Waals surface area contributed by atoms with Crippen LogP contribution < -0.4 is 20.3 Å². The summed E-state index contributed by atoms with van der Waals surface area (Å²) in [5.74, 6) is 0.165. The van der Waals surface area contributed by atoms with Gasteiger partial charge >= 0.3 is 0 Å². The highest BCUT2D eigenvalue weighted by Gasteiger charge is 2.32. The Morgan fingerprint density at radius 3 is 2.53 bits per heavy atom. The predicted molar refractivity (Wildman–Crippen MR) is 137 cm³/mol. The minimum absolute atomic E-state index is 0.187. The molecule has 4 rings (SSSR count). The SMILES string of the molecule is COc1ccc(NC(=O)c2n[nH]c3c2CCN(c2ccc(NCCCCCBr)cc2)C3=O)cc1. The number of rotatable bonds is 10. The van der Waals surface area contributed by atoms with Crippen molar-refractivity contribution in [3.63, 3.8) is 0 Å². The van der Waals surface area contributed by atoms with Crippen LogP contribution in [0, 0.1) is 0 Å². The molecule has 1 aliphatic heterocycles. The number of halogens is 1. The monoisotopic (exact) mass is 525 g/mol. The summed E-state index contributed by atoms with van der Waals surface area (Å²) in [5, 5.41) is 14.2. The number of amides is 2. The number of aromatic nitrogens is 2. The average Bonchev–Trinajstić information content (AvgIpc) is 3.30. The van der Waals surface area contributed by atoms with Crippen LogP contribution in [0.3, 0.4) is 0 Å². The summed E-state index contributed by atoms with van der Waals surface area (Å²) in [5.41, 5.74) is 3.74. The van der Waals surface area contributed by atoms with Crippen molar-refractivity contribution < 1.29 is 14.3 Å². The van der Waals surface area contributed by atoms with Crippen LogP contribution in [0.5, 0.6) is 5.75 Å². The van der Waals surface area contributed by atoms with Gasteiger partial charge in [-0.15, -0.1) is 0 Å². The number of methoxy groups -OCH3 is 1. The average molecular weight is 526 g/mol. The van der Waals surface area contributed by atoms with Crippen molar-refractivity contribution in [2.75, 3.05) is 41.1 Å². The van der Waals surface area contributed by atoms with Crippen LogP contribution in [0.15, 0.2) is 48.5 Å². The maximum absolute atomic E-state index is 13.1. The highest BCUT2D eigenvalue weighted by atomic mass is 79.9. The third-order valence-corrected chi connectivity index (χ3v) is 6.35. The number of alkyl halides is 1. The lowest BCUT2D eigenvalue weighted by atomic mass is 10.0. The van der Waals surface area contributed by atoms with E-state index in [2.05, 4.69) is 36.8 Å². The predicted octanol–water partition coefficient (Wildman–Crippen LogP) is 4.85. The molecule has 0 unspecified atom stereocenters. The molecule has 0 spiro atoms. The summed E-state index contributed by atoms with van der Waals surface area (Å²) in [7, 11) is 1.59. The van der Waals surface area contributed by atoms with Gasteiger partial charge in [0, 0.05) is 41.0 Å². The molecule has 3 aromatic rings. The van der Waals surface area contributed by atoms with E-state index < -0.39 is 0 Å². The zero-order valence-corrected chi connectivity index (χ0v) is 20.7. The second-order valence-electron chi connectivity index (χ2n) is 8.04. The molecule has 0 aliphatic carbocycles. The van der Waals surface area contributed by atoms with Gasteiger partial charge in [0.15, 0.2) is 5.69 Å². The number of hydrogen-bond donors (Lipinski definition) is 3. The number of aromatic amines is 1. The fourth-order valence-electron chi connectivity index (χ4n) is 3.93. The molecule has 3 N–H and O–H groups in total. The summed E-state index contributed by atoms with van der Waals surface area (Å²) in [6.45, 7) is 1.40. The number of nitrogens with one attached hydrogen (secondary N) is 3. The van der Waals surface area contributed by atoms with E-state index >= 15 is 0 Å². The first-order valence-corrected chi connectivity index (χ1v) is 12.5. The van der Waals surface area contributed by atoms with Gasteiger partial charge in [-0.2, -0.15) is 5.10 Å². The van der Waals surface area contributed by atoms with E-state index in [9.17, 15) is 9.59 Å². The van der Waals surface area contributed by atoms with Crippen molar-refractivity contribution in [2.45, 2.75) is 25.7 Å². The Hall–Kier alpha value is -3.33. The van der Waals surface area contributed by atoms with Crippen LogP contribution in [0.1, 0.15) is 45.8 Å². The number of fused-ring (bicyclic) bond motifs is 1. The smallest absolute Gasteiger partial charge is 0.276 e. The van der Waals surface area contributed by atoms with Crippen molar-refractivity contribution in [2.24, 2.45) is 0 Å². The summed E-state index contributed by atoms with van der Waals surface area (Å²) in [4.78, 5) is 27.6. The minimum Gasteiger partial charge on any atom is -0.497 e. The number of H-pyrrole nitrogens is 1. The molecule has 1 aromatic heterocycles. The number of hydrogen-bond acceptors (Lipinski definition) is 5. The molecule has 0 radical (unpaired) electrons. The molecule has 0 saturated heterocycles. The molecule has 178 valence electrons. The lowest BCUT2D eigenvalue weighted by Gasteiger charge is -2.27. The van der Waals surface area contributed by atoms with E-state index in [1.54, 1.807) is 36.3 Å². The van der Waals surface area contributed by atoms with E-state index in [0.29, 0.717) is 35.7 Å². The molecular formula is C25H28BrN5O3. The van der Waals surface area contributed by atoms with Gasteiger partial charge in [-0.1, -0.05) is 22.4 Å². The van der Waals surface area contributed by atoms with Gasteiger partial charge in [-0.25, -0.2) is 0 Å². The number of benzene rings is 2. The molecule has 0 saturated carbocycles. The van der Waals surface area contributed by atoms with Gasteiger partial charge in [0.2, 0.25) is 0 Å². The first kappa shape index (κ1) is 23.8. The molecule has 0 fully saturated rings. The molecule has 0 bridgehead atoms. The summed E-state index contributed by atoms with van der Waals surface area (Å²) in [6.07, 6.45) is 4.02. The molecule has 9 heteroatoms. The number of nitrogens with zero attached hydrogens (tertiary/aromatic N) is 2. The van der Waals surface area contributed by atoms with Gasteiger partial charge in [0.1, 0.15) is 11.4 Å². The molecule has 2 amide bonds. The fourth-order valence-corrected chi connectivity index (χ4v) is 4.33. The Kier molecular flexibility index (Phi) is 7.84. The first-order chi connectivity index (χ1) is 16.6. The zero-order valence-electron chi connectivity index (χ0n) is 19.1. The van der Waals surface area contributed by atoms with Crippen LogP contribution in [0.25, 0.3) is 0 Å². The maximum atomic E-state index is 13.1. The highest BCUT2D eigenvalue weighted by molar-refractivity contribution is 9.09. The molecular weight excluding hydrogens is 498 g/mol. The normalized spacial score (nSPS) is 12.9. The highest BCUT2D eigenvalue weighted by Crippen LogP contribution is 2.27. The van der Waals surface area contributed by atoms with Gasteiger partial charge in [0.25, 0.3) is 11.8 Å². The van der Waals surface area contributed by atoms with Crippen molar-refractivity contribution in [3.05, 3.63) is 65.5 Å². The molecule has 2 aromatic carbocycles. The Labute approximate surface area is 207 Å². The van der Waals surface area contributed by atoms with E-state index in [0.717, 1.165) is 29.7 Å². The van der Waals surface area contributed by atoms with Gasteiger partial charge in [-0.3, -0.25) is 14.7 Å². The van der Waals surface area contributed by atoms with E-state index in [1.807, 2.05) is 24.3 Å². The van der Waals surface area contributed by atoms with Crippen molar-refractivity contribution in [1.82, 2.24) is 10.2 Å². The van der Waals surface area contributed by atoms with E-state index in [1.165, 1.54) is 12.8 Å². The van der Waals surface area contributed by atoms with Gasteiger partial charge in [-0.05, 0) is 67.8 Å². The van der Waals surface area contributed by atoms with Gasteiger partial charge in [0.05, 0.1) is 7.11 Å². The van der Waals surface area contributed by atoms with Crippen molar-refractivity contribution in [1.29, 1.82) is 0 Å². The molecule has 1 aliphatic rings. The quantitative estimate of drug-likeness (QED) is 0.259. The van der Waals surface area contributed by atoms with Crippen LogP contribution in [0.4, 0.5) is 17.1 Å². The Bertz CT molecular complexity index is 1130. The van der Waals surface area contributed by atoms with Crippen molar-refractivity contribution in [3.8, 4) is 5.75 Å². The number of carbonyl (C=O) groups is 2. The Morgan fingerprint density at radius 2 is 1.82 bits per heavy atom. The van der Waals surface area contributed by atoms with Crippen molar-refractivity contribution >= 4 is 44.8 Å². The lowest BCUT2D eigenvalue weighted by Crippen LogP contribution is -2.38. The number of ether oxygens (including phenoxy) is 1. The van der Waals surface area contributed by atoms with E-state index in [4.69, 9.17) is 4.74 Å². The van der Waals surface area contributed by atoms with Crippen LogP contribution in [-0.2, 0) is 6.42 Å². The maximum Gasteiger partial charge on any atom is 0.276 e. The third kappa shape index (κ3) is 5.41. The largest absolute Gasteiger partial charge is 0.497 e. The van der Waals surface area contributed by atoms with Crippen LogP contribution in [0.2, 0.25) is 0 Å². The summed E-state index contributed by atoms with van der Waals surface area (Å²) < 4.78 is 5.14. The molecule has 0 atom stereocenters. The zero-order chi connectivity index (χ0) is 23.9.